The summed E-state index contributed by atoms with van der Waals surface area (Å²) in [5.74, 6) is -0.203. The molecule has 1 saturated heterocycles. The monoisotopic (exact) mass is 236 g/mol. The summed E-state index contributed by atoms with van der Waals surface area (Å²) in [5, 5.41) is 2.71. The van der Waals surface area contributed by atoms with Gasteiger partial charge in [-0.25, -0.2) is 0 Å². The van der Waals surface area contributed by atoms with Crippen molar-refractivity contribution in [3.63, 3.8) is 0 Å². The van der Waals surface area contributed by atoms with E-state index in [0.717, 1.165) is 5.56 Å². The van der Waals surface area contributed by atoms with Crippen molar-refractivity contribution in [2.75, 3.05) is 18.5 Å². The van der Waals surface area contributed by atoms with Crippen molar-refractivity contribution in [3.05, 3.63) is 29.8 Å². The van der Waals surface area contributed by atoms with Gasteiger partial charge in [0.2, 0.25) is 5.91 Å². The average Bonchev–Trinajstić information content (AvgIpc) is 2.83. The molecule has 1 amide bonds. The smallest absolute Gasteiger partial charge is 0.240 e. The van der Waals surface area contributed by atoms with E-state index in [1.54, 1.807) is 19.1 Å². The van der Waals surface area contributed by atoms with Crippen LogP contribution in [0, 0.1) is 0 Å². The van der Waals surface area contributed by atoms with Crippen molar-refractivity contribution >= 4 is 11.6 Å². The van der Waals surface area contributed by atoms with Crippen LogP contribution in [-0.2, 0) is 14.3 Å². The molecule has 92 valence electrons. The number of benzene rings is 1. The van der Waals surface area contributed by atoms with Crippen LogP contribution in [0.2, 0.25) is 0 Å². The topological polar surface area (TPSA) is 73.6 Å². The third-order valence-electron chi connectivity index (χ3n) is 2.49. The van der Waals surface area contributed by atoms with Crippen molar-refractivity contribution in [2.45, 2.75) is 19.3 Å². The number of ether oxygens (including phenoxy) is 2. The van der Waals surface area contributed by atoms with Crippen LogP contribution >= 0.6 is 0 Å². The van der Waals surface area contributed by atoms with Gasteiger partial charge < -0.3 is 20.5 Å². The predicted molar refractivity (Wildman–Crippen MR) is 63.4 cm³/mol. The van der Waals surface area contributed by atoms with Crippen molar-refractivity contribution < 1.29 is 14.3 Å². The highest BCUT2D eigenvalue weighted by Crippen LogP contribution is 2.24. The largest absolute Gasteiger partial charge is 0.346 e. The molecule has 0 saturated carbocycles. The molecule has 0 aromatic heterocycles. The van der Waals surface area contributed by atoms with Crippen LogP contribution in [0.4, 0.5) is 5.69 Å². The van der Waals surface area contributed by atoms with Gasteiger partial charge in [0, 0.05) is 11.3 Å². The summed E-state index contributed by atoms with van der Waals surface area (Å²) >= 11 is 0. The van der Waals surface area contributed by atoms with Gasteiger partial charge in [-0.05, 0) is 19.1 Å². The third-order valence-corrected chi connectivity index (χ3v) is 2.49. The Hall–Kier alpha value is -1.43. The van der Waals surface area contributed by atoms with Gasteiger partial charge in [-0.2, -0.15) is 0 Å². The molecule has 1 heterocycles. The lowest BCUT2D eigenvalue weighted by Gasteiger charge is -2.11. The van der Waals surface area contributed by atoms with Crippen LogP contribution in [-0.4, -0.2) is 25.2 Å². The molecule has 1 unspecified atom stereocenters. The molecule has 1 aliphatic heterocycles. The molecule has 1 aliphatic rings. The maximum Gasteiger partial charge on any atom is 0.240 e. The lowest BCUT2D eigenvalue weighted by Crippen LogP contribution is -2.32. The average molecular weight is 236 g/mol. The fraction of sp³-hybridized carbons (Fsp3) is 0.417. The van der Waals surface area contributed by atoms with E-state index in [4.69, 9.17) is 15.2 Å². The number of amides is 1. The van der Waals surface area contributed by atoms with E-state index >= 15 is 0 Å². The van der Waals surface area contributed by atoms with Crippen molar-refractivity contribution in [1.29, 1.82) is 0 Å². The first-order valence-electron chi connectivity index (χ1n) is 5.56. The Morgan fingerprint density at radius 2 is 1.94 bits per heavy atom. The number of rotatable bonds is 3. The normalized spacial score (nSPS) is 18.0. The van der Waals surface area contributed by atoms with E-state index in [0.29, 0.717) is 18.9 Å². The number of hydrogen-bond acceptors (Lipinski definition) is 4. The Kier molecular flexibility index (Phi) is 3.73. The highest BCUT2D eigenvalue weighted by Gasteiger charge is 2.17. The quantitative estimate of drug-likeness (QED) is 0.821. The van der Waals surface area contributed by atoms with Crippen LogP contribution in [0.1, 0.15) is 18.8 Å². The second-order valence-corrected chi connectivity index (χ2v) is 3.97. The highest BCUT2D eigenvalue weighted by molar-refractivity contribution is 5.94. The van der Waals surface area contributed by atoms with E-state index in [-0.39, 0.29) is 12.2 Å². The fourth-order valence-electron chi connectivity index (χ4n) is 1.53. The van der Waals surface area contributed by atoms with Gasteiger partial charge in [-0.1, -0.05) is 12.1 Å². The van der Waals surface area contributed by atoms with E-state index < -0.39 is 6.04 Å². The number of carbonyl (C=O) groups is 1. The molecule has 0 radical (unpaired) electrons. The molecular formula is C12H16N2O3. The minimum Gasteiger partial charge on any atom is -0.346 e. The Bertz CT molecular complexity index is 383. The summed E-state index contributed by atoms with van der Waals surface area (Å²) in [6, 6.07) is 6.83. The molecule has 0 spiro atoms. The summed E-state index contributed by atoms with van der Waals surface area (Å²) in [6.45, 7) is 2.88. The number of hydrogen-bond donors (Lipinski definition) is 2. The number of nitrogens with two attached hydrogens (primary N) is 1. The molecule has 17 heavy (non-hydrogen) atoms. The highest BCUT2D eigenvalue weighted by atomic mass is 16.7. The van der Waals surface area contributed by atoms with Crippen LogP contribution in [0.15, 0.2) is 24.3 Å². The summed E-state index contributed by atoms with van der Waals surface area (Å²) in [6.07, 6.45) is -0.284. The Balaban J connectivity index is 2.00. The van der Waals surface area contributed by atoms with Crippen molar-refractivity contribution in [1.82, 2.24) is 0 Å². The number of nitrogens with one attached hydrogen (secondary N) is 1. The van der Waals surface area contributed by atoms with Gasteiger partial charge in [0.25, 0.3) is 0 Å². The first kappa shape index (κ1) is 12.0. The Labute approximate surface area is 99.9 Å². The van der Waals surface area contributed by atoms with E-state index in [1.165, 1.54) is 0 Å². The first-order chi connectivity index (χ1) is 8.16. The van der Waals surface area contributed by atoms with E-state index in [9.17, 15) is 4.79 Å². The number of anilines is 1. The Morgan fingerprint density at radius 3 is 2.47 bits per heavy atom. The molecule has 1 atom stereocenters. The summed E-state index contributed by atoms with van der Waals surface area (Å²) in [5.41, 5.74) is 7.12. The van der Waals surface area contributed by atoms with Crippen molar-refractivity contribution in [2.24, 2.45) is 5.73 Å². The van der Waals surface area contributed by atoms with Gasteiger partial charge in [0.05, 0.1) is 19.3 Å². The van der Waals surface area contributed by atoms with Gasteiger partial charge in [-0.3, -0.25) is 4.79 Å². The van der Waals surface area contributed by atoms with Gasteiger partial charge in [0.15, 0.2) is 6.29 Å². The molecule has 3 N–H and O–H groups in total. The molecule has 5 nitrogen and oxygen atoms in total. The lowest BCUT2D eigenvalue weighted by molar-refractivity contribution is -0.117. The van der Waals surface area contributed by atoms with Crippen LogP contribution in [0.3, 0.4) is 0 Å². The second-order valence-electron chi connectivity index (χ2n) is 3.97. The molecule has 0 aliphatic carbocycles. The maximum absolute atomic E-state index is 11.4. The standard InChI is InChI=1S/C12H16N2O3/c1-8(13)11(15)14-10-4-2-9(3-5-10)12-16-6-7-17-12/h2-5,8,12H,6-7,13H2,1H3,(H,14,15). The fourth-order valence-corrected chi connectivity index (χ4v) is 1.53. The predicted octanol–water partition coefficient (Wildman–Crippen LogP) is 1.02. The zero-order valence-corrected chi connectivity index (χ0v) is 9.68. The van der Waals surface area contributed by atoms with Crippen molar-refractivity contribution in [3.8, 4) is 0 Å². The van der Waals surface area contributed by atoms with Gasteiger partial charge in [-0.15, -0.1) is 0 Å². The van der Waals surface area contributed by atoms with Gasteiger partial charge in [0.1, 0.15) is 0 Å². The molecular weight excluding hydrogens is 220 g/mol. The molecule has 1 aromatic rings. The van der Waals surface area contributed by atoms with Crippen LogP contribution in [0.25, 0.3) is 0 Å². The molecule has 2 rings (SSSR count). The molecule has 0 bridgehead atoms. The van der Waals surface area contributed by atoms with Crippen LogP contribution < -0.4 is 11.1 Å². The Morgan fingerprint density at radius 1 is 1.35 bits per heavy atom. The third kappa shape index (κ3) is 3.03. The van der Waals surface area contributed by atoms with E-state index in [2.05, 4.69) is 5.32 Å². The lowest BCUT2D eigenvalue weighted by atomic mass is 10.2. The molecule has 5 heteroatoms. The second kappa shape index (κ2) is 5.27. The molecule has 1 fully saturated rings. The minimum atomic E-state index is -0.517. The van der Waals surface area contributed by atoms with E-state index in [1.807, 2.05) is 12.1 Å². The summed E-state index contributed by atoms with van der Waals surface area (Å²) in [4.78, 5) is 11.4. The number of carbonyl (C=O) groups excluding carboxylic acids is 1. The minimum absolute atomic E-state index is 0.203. The summed E-state index contributed by atoms with van der Waals surface area (Å²) < 4.78 is 10.7. The molecule has 1 aromatic carbocycles. The van der Waals surface area contributed by atoms with Crippen LogP contribution in [0.5, 0.6) is 0 Å². The zero-order chi connectivity index (χ0) is 12.3. The first-order valence-corrected chi connectivity index (χ1v) is 5.56. The maximum atomic E-state index is 11.4. The van der Waals surface area contributed by atoms with Gasteiger partial charge >= 0.3 is 0 Å². The SMILES string of the molecule is CC(N)C(=O)Nc1ccc(C2OCCO2)cc1. The zero-order valence-electron chi connectivity index (χ0n) is 9.68. The summed E-state index contributed by atoms with van der Waals surface area (Å²) in [7, 11) is 0.